The minimum atomic E-state index is -0.518. The summed E-state index contributed by atoms with van der Waals surface area (Å²) in [5.74, 6) is 0.348. The van der Waals surface area contributed by atoms with Gasteiger partial charge in [0.15, 0.2) is 0 Å². The standard InChI is InChI=1S/C19H24ClFN4O3/c1-11-8-25-17(18(12(2)23-25)28-14-5-6-27-10-14)9-24(11)19(26)22-13-3-4-16(21)15(20)7-13/h3-4,7,11-12,14,23H,5-6,8-10H2,1-2H3,(H,22,26)/t11-,12?,14?/m0/s1. The van der Waals surface area contributed by atoms with Gasteiger partial charge in [0.25, 0.3) is 0 Å². The van der Waals surface area contributed by atoms with Crippen LogP contribution in [0.15, 0.2) is 29.7 Å². The highest BCUT2D eigenvalue weighted by Gasteiger charge is 2.39. The number of nitrogens with one attached hydrogen (secondary N) is 2. The number of urea groups is 1. The number of anilines is 1. The van der Waals surface area contributed by atoms with Crippen molar-refractivity contribution >= 4 is 23.3 Å². The van der Waals surface area contributed by atoms with E-state index in [9.17, 15) is 9.18 Å². The van der Waals surface area contributed by atoms with Gasteiger partial charge in [-0.05, 0) is 32.0 Å². The second-order valence-corrected chi connectivity index (χ2v) is 7.82. The van der Waals surface area contributed by atoms with Crippen LogP contribution in [0.4, 0.5) is 14.9 Å². The second kappa shape index (κ2) is 7.77. The third kappa shape index (κ3) is 3.76. The Morgan fingerprint density at radius 3 is 2.96 bits per heavy atom. The Balaban J connectivity index is 1.50. The number of carbonyl (C=O) groups is 1. The molecule has 3 heterocycles. The monoisotopic (exact) mass is 410 g/mol. The number of benzene rings is 1. The van der Waals surface area contributed by atoms with Gasteiger partial charge >= 0.3 is 6.03 Å². The molecule has 28 heavy (non-hydrogen) atoms. The molecule has 0 aliphatic carbocycles. The second-order valence-electron chi connectivity index (χ2n) is 7.41. The number of rotatable bonds is 3. The van der Waals surface area contributed by atoms with Crippen LogP contribution >= 0.6 is 11.6 Å². The fraction of sp³-hybridized carbons (Fsp3) is 0.526. The molecule has 2 saturated heterocycles. The van der Waals surface area contributed by atoms with Crippen molar-refractivity contribution < 1.29 is 18.7 Å². The van der Waals surface area contributed by atoms with Crippen molar-refractivity contribution in [3.63, 3.8) is 0 Å². The third-order valence-corrected chi connectivity index (χ3v) is 5.55. The van der Waals surface area contributed by atoms with E-state index < -0.39 is 5.82 Å². The maximum atomic E-state index is 13.4. The van der Waals surface area contributed by atoms with E-state index in [4.69, 9.17) is 21.1 Å². The lowest BCUT2D eigenvalue weighted by Gasteiger charge is -2.40. The van der Waals surface area contributed by atoms with E-state index in [0.717, 1.165) is 17.9 Å². The molecule has 3 aliphatic rings. The molecule has 7 nitrogen and oxygen atoms in total. The van der Waals surface area contributed by atoms with Gasteiger partial charge < -0.3 is 24.7 Å². The number of hydrogen-bond acceptors (Lipinski definition) is 5. The number of ether oxygens (including phenoxy) is 2. The average Bonchev–Trinajstić information content (AvgIpc) is 3.26. The Morgan fingerprint density at radius 1 is 1.43 bits per heavy atom. The lowest BCUT2D eigenvalue weighted by molar-refractivity contribution is 0.0829. The highest BCUT2D eigenvalue weighted by molar-refractivity contribution is 6.31. The predicted octanol–water partition coefficient (Wildman–Crippen LogP) is 2.94. The van der Waals surface area contributed by atoms with Crippen molar-refractivity contribution in [1.29, 1.82) is 0 Å². The van der Waals surface area contributed by atoms with Gasteiger partial charge in [0.1, 0.15) is 17.7 Å². The molecule has 0 aromatic heterocycles. The molecule has 0 radical (unpaired) electrons. The van der Waals surface area contributed by atoms with Gasteiger partial charge in [-0.2, -0.15) is 0 Å². The smallest absolute Gasteiger partial charge is 0.322 e. The van der Waals surface area contributed by atoms with Crippen molar-refractivity contribution in [2.24, 2.45) is 0 Å². The summed E-state index contributed by atoms with van der Waals surface area (Å²) in [6.45, 7) is 6.41. The van der Waals surface area contributed by atoms with Gasteiger partial charge in [0, 0.05) is 12.1 Å². The van der Waals surface area contributed by atoms with Crippen LogP contribution in [0.2, 0.25) is 5.02 Å². The maximum absolute atomic E-state index is 13.4. The summed E-state index contributed by atoms with van der Waals surface area (Å²) in [4.78, 5) is 14.6. The van der Waals surface area contributed by atoms with Crippen LogP contribution < -0.4 is 10.7 Å². The minimum Gasteiger partial charge on any atom is -0.489 e. The molecule has 3 atom stereocenters. The van der Waals surface area contributed by atoms with E-state index in [1.54, 1.807) is 4.90 Å². The first-order chi connectivity index (χ1) is 13.4. The highest BCUT2D eigenvalue weighted by Crippen LogP contribution is 2.30. The zero-order valence-corrected chi connectivity index (χ0v) is 16.6. The number of hydrogen-bond donors (Lipinski definition) is 2. The van der Waals surface area contributed by atoms with Crippen LogP contribution in [0.5, 0.6) is 0 Å². The van der Waals surface area contributed by atoms with Crippen LogP contribution in [0.1, 0.15) is 20.3 Å². The Kier molecular flexibility index (Phi) is 5.35. The molecule has 9 heteroatoms. The van der Waals surface area contributed by atoms with Crippen LogP contribution in [-0.4, -0.2) is 60.4 Å². The SMILES string of the molecule is CC1NN2C[C@H](C)N(C(=O)Nc3ccc(F)c(Cl)c3)CC2=C1OC1CCOC1. The molecule has 4 rings (SSSR count). The van der Waals surface area contributed by atoms with Crippen LogP contribution in [-0.2, 0) is 9.47 Å². The molecule has 1 aromatic rings. The Morgan fingerprint density at radius 2 is 2.25 bits per heavy atom. The van der Waals surface area contributed by atoms with Crippen LogP contribution in [0.25, 0.3) is 0 Å². The summed E-state index contributed by atoms with van der Waals surface area (Å²) in [5, 5.41) is 4.84. The summed E-state index contributed by atoms with van der Waals surface area (Å²) >= 11 is 5.81. The largest absolute Gasteiger partial charge is 0.489 e. The molecular weight excluding hydrogens is 387 g/mol. The number of amides is 2. The Labute approximate surface area is 168 Å². The molecule has 2 amide bonds. The van der Waals surface area contributed by atoms with Gasteiger partial charge in [0.2, 0.25) is 0 Å². The fourth-order valence-electron chi connectivity index (χ4n) is 3.76. The van der Waals surface area contributed by atoms with Crippen molar-refractivity contribution in [1.82, 2.24) is 15.3 Å². The van der Waals surface area contributed by atoms with Crippen LogP contribution in [0, 0.1) is 5.82 Å². The van der Waals surface area contributed by atoms with E-state index in [2.05, 4.69) is 15.8 Å². The number of nitrogens with zero attached hydrogens (tertiary/aromatic N) is 2. The van der Waals surface area contributed by atoms with Crippen molar-refractivity contribution in [3.8, 4) is 0 Å². The molecule has 0 bridgehead atoms. The van der Waals surface area contributed by atoms with Crippen molar-refractivity contribution in [2.75, 3.05) is 31.6 Å². The van der Waals surface area contributed by atoms with Gasteiger partial charge in [-0.1, -0.05) is 11.6 Å². The number of halogens is 2. The molecule has 2 N–H and O–H groups in total. The van der Waals surface area contributed by atoms with Gasteiger partial charge in [-0.15, -0.1) is 0 Å². The number of piperazine rings is 1. The minimum absolute atomic E-state index is 0.0199. The van der Waals surface area contributed by atoms with E-state index in [-0.39, 0.29) is 29.2 Å². The number of carbonyl (C=O) groups excluding carboxylic acids is 1. The van der Waals surface area contributed by atoms with E-state index in [0.29, 0.717) is 32.0 Å². The summed E-state index contributed by atoms with van der Waals surface area (Å²) in [6.07, 6.45) is 0.921. The van der Waals surface area contributed by atoms with Gasteiger partial charge in [-0.3, -0.25) is 0 Å². The molecule has 0 saturated carbocycles. The third-order valence-electron chi connectivity index (χ3n) is 5.27. The molecule has 1 aromatic carbocycles. The summed E-state index contributed by atoms with van der Waals surface area (Å²) < 4.78 is 25.0. The summed E-state index contributed by atoms with van der Waals surface area (Å²) in [7, 11) is 0. The first-order valence-electron chi connectivity index (χ1n) is 9.46. The lowest BCUT2D eigenvalue weighted by Crippen LogP contribution is -2.55. The number of fused-ring (bicyclic) bond motifs is 1. The van der Waals surface area contributed by atoms with Crippen molar-refractivity contribution in [3.05, 3.63) is 40.5 Å². The zero-order chi connectivity index (χ0) is 19.8. The molecule has 2 fully saturated rings. The molecule has 3 aliphatic heterocycles. The molecule has 152 valence electrons. The van der Waals surface area contributed by atoms with Gasteiger partial charge in [-0.25, -0.2) is 14.6 Å². The fourth-order valence-corrected chi connectivity index (χ4v) is 3.94. The molecular formula is C19H24ClFN4O3. The summed E-state index contributed by atoms with van der Waals surface area (Å²) in [6, 6.07) is 3.90. The molecule has 0 spiro atoms. The van der Waals surface area contributed by atoms with E-state index >= 15 is 0 Å². The Hall–Kier alpha value is -2.03. The quantitative estimate of drug-likeness (QED) is 0.802. The lowest BCUT2D eigenvalue weighted by atomic mass is 10.1. The highest BCUT2D eigenvalue weighted by atomic mass is 35.5. The van der Waals surface area contributed by atoms with Crippen LogP contribution in [0.3, 0.4) is 0 Å². The topological polar surface area (TPSA) is 66.1 Å². The zero-order valence-electron chi connectivity index (χ0n) is 15.9. The van der Waals surface area contributed by atoms with E-state index in [1.807, 2.05) is 13.8 Å². The first-order valence-corrected chi connectivity index (χ1v) is 9.84. The first kappa shape index (κ1) is 19.3. The molecule has 2 unspecified atom stereocenters. The average molecular weight is 411 g/mol. The van der Waals surface area contributed by atoms with E-state index in [1.165, 1.54) is 18.2 Å². The predicted molar refractivity (Wildman–Crippen MR) is 103 cm³/mol. The van der Waals surface area contributed by atoms with Crippen molar-refractivity contribution in [2.45, 2.75) is 38.5 Å². The maximum Gasteiger partial charge on any atom is 0.322 e. The Bertz CT molecular complexity index is 799. The van der Waals surface area contributed by atoms with Gasteiger partial charge in [0.05, 0.1) is 49.1 Å². The summed E-state index contributed by atoms with van der Waals surface area (Å²) in [5.41, 5.74) is 4.83. The number of hydrazine groups is 1. The normalized spacial score (nSPS) is 27.2.